The van der Waals surface area contributed by atoms with Crippen molar-refractivity contribution in [3.8, 4) is 0 Å². The monoisotopic (exact) mass is 235 g/mol. The highest BCUT2D eigenvalue weighted by atomic mass is 16.5. The zero-order chi connectivity index (χ0) is 13.1. The fourth-order valence-corrected chi connectivity index (χ4v) is 1.74. The minimum Gasteiger partial charge on any atom is -0.374 e. The SMILES string of the molecule is CCC(C)(C)OCC(N)c1cc(C)cc(C)c1. The van der Waals surface area contributed by atoms with Crippen LogP contribution in [-0.4, -0.2) is 12.2 Å². The van der Waals surface area contributed by atoms with Crippen LogP contribution in [0.4, 0.5) is 0 Å². The van der Waals surface area contributed by atoms with E-state index in [9.17, 15) is 0 Å². The van der Waals surface area contributed by atoms with E-state index in [0.29, 0.717) is 6.61 Å². The standard InChI is InChI=1S/C15H25NO/c1-6-15(4,5)17-10-14(16)13-8-11(2)7-12(3)9-13/h7-9,14H,6,10,16H2,1-5H3. The van der Waals surface area contributed by atoms with E-state index < -0.39 is 0 Å². The van der Waals surface area contributed by atoms with Gasteiger partial charge in [-0.3, -0.25) is 0 Å². The second kappa shape index (κ2) is 5.65. The fourth-order valence-electron chi connectivity index (χ4n) is 1.74. The van der Waals surface area contributed by atoms with Gasteiger partial charge < -0.3 is 10.5 Å². The second-order valence-electron chi connectivity index (χ2n) is 5.45. The van der Waals surface area contributed by atoms with Gasteiger partial charge in [-0.15, -0.1) is 0 Å². The molecule has 0 aliphatic rings. The molecule has 0 fully saturated rings. The molecule has 0 aromatic heterocycles. The van der Waals surface area contributed by atoms with Crippen LogP contribution >= 0.6 is 0 Å². The molecule has 0 saturated heterocycles. The Balaban J connectivity index is 2.67. The van der Waals surface area contributed by atoms with Gasteiger partial charge in [-0.1, -0.05) is 36.2 Å². The zero-order valence-electron chi connectivity index (χ0n) is 11.7. The third-order valence-corrected chi connectivity index (χ3v) is 3.18. The van der Waals surface area contributed by atoms with Crippen LogP contribution in [0, 0.1) is 13.8 Å². The van der Waals surface area contributed by atoms with Gasteiger partial charge in [0.2, 0.25) is 0 Å². The Morgan fingerprint density at radius 2 is 1.71 bits per heavy atom. The van der Waals surface area contributed by atoms with Crippen molar-refractivity contribution in [2.24, 2.45) is 5.73 Å². The van der Waals surface area contributed by atoms with Gasteiger partial charge in [0.15, 0.2) is 0 Å². The van der Waals surface area contributed by atoms with E-state index in [1.54, 1.807) is 0 Å². The predicted molar refractivity (Wildman–Crippen MR) is 73.2 cm³/mol. The molecule has 2 nitrogen and oxygen atoms in total. The van der Waals surface area contributed by atoms with Crippen molar-refractivity contribution >= 4 is 0 Å². The van der Waals surface area contributed by atoms with E-state index in [1.165, 1.54) is 11.1 Å². The molecule has 1 rings (SSSR count). The topological polar surface area (TPSA) is 35.2 Å². The van der Waals surface area contributed by atoms with Crippen LogP contribution in [-0.2, 0) is 4.74 Å². The third kappa shape index (κ3) is 4.49. The first kappa shape index (κ1) is 14.2. The summed E-state index contributed by atoms with van der Waals surface area (Å²) in [6.07, 6.45) is 0.993. The smallest absolute Gasteiger partial charge is 0.0666 e. The maximum Gasteiger partial charge on any atom is 0.0666 e. The van der Waals surface area contributed by atoms with Gasteiger partial charge in [0.05, 0.1) is 18.2 Å². The summed E-state index contributed by atoms with van der Waals surface area (Å²) < 4.78 is 5.85. The number of aryl methyl sites for hydroxylation is 2. The molecule has 1 aromatic rings. The van der Waals surface area contributed by atoms with Crippen LogP contribution in [0.1, 0.15) is 49.9 Å². The molecule has 2 N–H and O–H groups in total. The summed E-state index contributed by atoms with van der Waals surface area (Å²) >= 11 is 0. The number of hydrogen-bond acceptors (Lipinski definition) is 2. The first-order valence-corrected chi connectivity index (χ1v) is 6.32. The maximum absolute atomic E-state index is 6.17. The summed E-state index contributed by atoms with van der Waals surface area (Å²) in [5.74, 6) is 0. The van der Waals surface area contributed by atoms with E-state index in [-0.39, 0.29) is 11.6 Å². The van der Waals surface area contributed by atoms with Crippen LogP contribution in [0.5, 0.6) is 0 Å². The molecule has 96 valence electrons. The Kier molecular flexibility index (Phi) is 4.72. The largest absolute Gasteiger partial charge is 0.374 e. The van der Waals surface area contributed by atoms with Crippen molar-refractivity contribution in [2.75, 3.05) is 6.61 Å². The van der Waals surface area contributed by atoms with E-state index >= 15 is 0 Å². The number of hydrogen-bond donors (Lipinski definition) is 1. The quantitative estimate of drug-likeness (QED) is 0.847. The Labute approximate surface area is 105 Å². The van der Waals surface area contributed by atoms with Gasteiger partial charge in [-0.2, -0.15) is 0 Å². The predicted octanol–water partition coefficient (Wildman–Crippen LogP) is 3.51. The van der Waals surface area contributed by atoms with Crippen molar-refractivity contribution in [1.82, 2.24) is 0 Å². The van der Waals surface area contributed by atoms with Gasteiger partial charge in [-0.25, -0.2) is 0 Å². The summed E-state index contributed by atoms with van der Waals surface area (Å²) in [6, 6.07) is 6.40. The third-order valence-electron chi connectivity index (χ3n) is 3.18. The Morgan fingerprint density at radius 3 is 2.18 bits per heavy atom. The second-order valence-corrected chi connectivity index (χ2v) is 5.45. The number of nitrogens with two attached hydrogens (primary N) is 1. The molecule has 0 spiro atoms. The van der Waals surface area contributed by atoms with E-state index in [4.69, 9.17) is 10.5 Å². The van der Waals surface area contributed by atoms with Crippen LogP contribution in [0.2, 0.25) is 0 Å². The molecule has 0 aliphatic heterocycles. The Morgan fingerprint density at radius 1 is 1.18 bits per heavy atom. The van der Waals surface area contributed by atoms with Gasteiger partial charge in [0, 0.05) is 0 Å². The zero-order valence-corrected chi connectivity index (χ0v) is 11.7. The van der Waals surface area contributed by atoms with Crippen molar-refractivity contribution in [3.63, 3.8) is 0 Å². The van der Waals surface area contributed by atoms with Crippen LogP contribution in [0.25, 0.3) is 0 Å². The highest BCUT2D eigenvalue weighted by Crippen LogP contribution is 2.19. The number of rotatable bonds is 5. The number of ether oxygens (including phenoxy) is 1. The molecular formula is C15H25NO. The van der Waals surface area contributed by atoms with Crippen LogP contribution in [0.15, 0.2) is 18.2 Å². The highest BCUT2D eigenvalue weighted by molar-refractivity contribution is 5.30. The molecule has 0 radical (unpaired) electrons. The minimum absolute atomic E-state index is 0.0422. The first-order valence-electron chi connectivity index (χ1n) is 6.32. The van der Waals surface area contributed by atoms with Crippen LogP contribution < -0.4 is 5.73 Å². The summed E-state index contributed by atoms with van der Waals surface area (Å²) in [4.78, 5) is 0. The molecule has 1 unspecified atom stereocenters. The average molecular weight is 235 g/mol. The first-order chi connectivity index (χ1) is 7.84. The molecule has 0 saturated carbocycles. The lowest BCUT2D eigenvalue weighted by Gasteiger charge is -2.26. The molecule has 1 aromatic carbocycles. The molecule has 0 bridgehead atoms. The van der Waals surface area contributed by atoms with Gasteiger partial charge in [-0.05, 0) is 39.7 Å². The molecule has 0 heterocycles. The minimum atomic E-state index is -0.0868. The molecule has 0 aliphatic carbocycles. The van der Waals surface area contributed by atoms with Crippen molar-refractivity contribution in [1.29, 1.82) is 0 Å². The van der Waals surface area contributed by atoms with Gasteiger partial charge >= 0.3 is 0 Å². The van der Waals surface area contributed by atoms with Crippen molar-refractivity contribution in [3.05, 3.63) is 34.9 Å². The van der Waals surface area contributed by atoms with E-state index in [1.807, 2.05) is 0 Å². The summed E-state index contributed by atoms with van der Waals surface area (Å²) in [7, 11) is 0. The highest BCUT2D eigenvalue weighted by Gasteiger charge is 2.17. The van der Waals surface area contributed by atoms with E-state index in [2.05, 4.69) is 52.8 Å². The molecule has 1 atom stereocenters. The molecule has 0 amide bonds. The van der Waals surface area contributed by atoms with Crippen LogP contribution in [0.3, 0.4) is 0 Å². The van der Waals surface area contributed by atoms with Crippen molar-refractivity contribution < 1.29 is 4.74 Å². The lowest BCUT2D eigenvalue weighted by Crippen LogP contribution is -2.28. The Hall–Kier alpha value is -0.860. The van der Waals surface area contributed by atoms with Gasteiger partial charge in [0.1, 0.15) is 0 Å². The number of benzene rings is 1. The fraction of sp³-hybridized carbons (Fsp3) is 0.600. The maximum atomic E-state index is 6.17. The molecule has 17 heavy (non-hydrogen) atoms. The van der Waals surface area contributed by atoms with E-state index in [0.717, 1.165) is 12.0 Å². The normalized spacial score (nSPS) is 13.8. The molecular weight excluding hydrogens is 210 g/mol. The summed E-state index contributed by atoms with van der Waals surface area (Å²) in [6.45, 7) is 11.1. The summed E-state index contributed by atoms with van der Waals surface area (Å²) in [5, 5.41) is 0. The average Bonchev–Trinajstić information content (AvgIpc) is 2.24. The van der Waals surface area contributed by atoms with Gasteiger partial charge in [0.25, 0.3) is 0 Å². The summed E-state index contributed by atoms with van der Waals surface area (Å²) in [5.41, 5.74) is 9.75. The lowest BCUT2D eigenvalue weighted by atomic mass is 10.0. The Bertz CT molecular complexity index is 351. The molecule has 2 heteroatoms. The van der Waals surface area contributed by atoms with Crippen molar-refractivity contribution in [2.45, 2.75) is 52.7 Å². The lowest BCUT2D eigenvalue weighted by molar-refractivity contribution is -0.0267.